The van der Waals surface area contributed by atoms with Crippen LogP contribution in [-0.4, -0.2) is 34.5 Å². The van der Waals surface area contributed by atoms with Gasteiger partial charge in [-0.3, -0.25) is 4.79 Å². The molecule has 4 unspecified atom stereocenters. The highest BCUT2D eigenvalue weighted by Crippen LogP contribution is 2.28. The molecule has 0 aliphatic carbocycles. The average molecular weight is 216 g/mol. The number of rotatable bonds is 5. The standard InChI is InChI=1S/C11H20O4/c1-3-8(12)6-9-4-5-10(15-9)7(2)11(13)14/h7-10,12H,3-6H2,1-2H3,(H,13,14). The van der Waals surface area contributed by atoms with Crippen molar-refractivity contribution < 1.29 is 19.7 Å². The van der Waals surface area contributed by atoms with Gasteiger partial charge in [-0.2, -0.15) is 0 Å². The van der Waals surface area contributed by atoms with E-state index in [-0.39, 0.29) is 18.3 Å². The molecule has 4 heteroatoms. The van der Waals surface area contributed by atoms with E-state index in [1.165, 1.54) is 0 Å². The Morgan fingerprint density at radius 3 is 2.73 bits per heavy atom. The summed E-state index contributed by atoms with van der Waals surface area (Å²) in [7, 11) is 0. The van der Waals surface area contributed by atoms with Gasteiger partial charge >= 0.3 is 5.97 Å². The third kappa shape index (κ3) is 3.47. The van der Waals surface area contributed by atoms with Crippen LogP contribution in [0.15, 0.2) is 0 Å². The number of aliphatic hydroxyl groups is 1. The van der Waals surface area contributed by atoms with Gasteiger partial charge < -0.3 is 14.9 Å². The zero-order valence-corrected chi connectivity index (χ0v) is 9.35. The number of carboxylic acid groups (broad SMARTS) is 1. The van der Waals surface area contributed by atoms with Crippen molar-refractivity contribution >= 4 is 5.97 Å². The van der Waals surface area contributed by atoms with Crippen molar-refractivity contribution in [1.29, 1.82) is 0 Å². The van der Waals surface area contributed by atoms with Crippen LogP contribution in [0, 0.1) is 5.92 Å². The Bertz CT molecular complexity index is 217. The lowest BCUT2D eigenvalue weighted by atomic mass is 10.0. The molecule has 1 rings (SSSR count). The number of carbonyl (C=O) groups is 1. The van der Waals surface area contributed by atoms with Gasteiger partial charge in [0.15, 0.2) is 0 Å². The second-order valence-corrected chi connectivity index (χ2v) is 4.30. The van der Waals surface area contributed by atoms with Crippen molar-refractivity contribution in [3.63, 3.8) is 0 Å². The van der Waals surface area contributed by atoms with Crippen LogP contribution in [0.25, 0.3) is 0 Å². The van der Waals surface area contributed by atoms with Crippen LogP contribution in [0.1, 0.15) is 39.5 Å². The summed E-state index contributed by atoms with van der Waals surface area (Å²) in [6, 6.07) is 0. The van der Waals surface area contributed by atoms with E-state index in [1.54, 1.807) is 6.92 Å². The Balaban J connectivity index is 2.35. The van der Waals surface area contributed by atoms with Gasteiger partial charge in [-0.25, -0.2) is 0 Å². The van der Waals surface area contributed by atoms with Gasteiger partial charge in [0, 0.05) is 0 Å². The topological polar surface area (TPSA) is 66.8 Å². The summed E-state index contributed by atoms with van der Waals surface area (Å²) in [5.41, 5.74) is 0. The molecule has 88 valence electrons. The van der Waals surface area contributed by atoms with E-state index in [1.807, 2.05) is 6.92 Å². The molecule has 0 spiro atoms. The number of ether oxygens (including phenoxy) is 1. The zero-order chi connectivity index (χ0) is 11.4. The first-order valence-electron chi connectivity index (χ1n) is 5.61. The summed E-state index contributed by atoms with van der Waals surface area (Å²) in [4.78, 5) is 10.7. The lowest BCUT2D eigenvalue weighted by molar-refractivity contribution is -0.146. The molecule has 0 aromatic heterocycles. The lowest BCUT2D eigenvalue weighted by Gasteiger charge is -2.18. The quantitative estimate of drug-likeness (QED) is 0.729. The zero-order valence-electron chi connectivity index (χ0n) is 9.35. The second kappa shape index (κ2) is 5.47. The Hall–Kier alpha value is -0.610. The minimum atomic E-state index is -0.809. The number of hydrogen-bond acceptors (Lipinski definition) is 3. The molecule has 0 aromatic carbocycles. The van der Waals surface area contributed by atoms with Crippen LogP contribution >= 0.6 is 0 Å². The molecule has 1 aliphatic heterocycles. The Morgan fingerprint density at radius 1 is 1.53 bits per heavy atom. The molecule has 1 fully saturated rings. The highest BCUT2D eigenvalue weighted by atomic mass is 16.5. The van der Waals surface area contributed by atoms with Gasteiger partial charge in [0.05, 0.1) is 24.2 Å². The minimum absolute atomic E-state index is 0.0340. The summed E-state index contributed by atoms with van der Waals surface area (Å²) in [5.74, 6) is -1.26. The number of hydrogen-bond donors (Lipinski definition) is 2. The molecule has 2 N–H and O–H groups in total. The fourth-order valence-corrected chi connectivity index (χ4v) is 1.90. The maximum atomic E-state index is 10.7. The minimum Gasteiger partial charge on any atom is -0.481 e. The predicted octanol–water partition coefficient (Wildman–Crippen LogP) is 1.42. The molecule has 0 amide bonds. The average Bonchev–Trinajstić information content (AvgIpc) is 2.64. The maximum absolute atomic E-state index is 10.7. The first-order valence-corrected chi connectivity index (χ1v) is 5.61. The molecular formula is C11H20O4. The normalized spacial score (nSPS) is 30.1. The fraction of sp³-hybridized carbons (Fsp3) is 0.909. The Kier molecular flexibility index (Phi) is 4.54. The first-order chi connectivity index (χ1) is 7.04. The van der Waals surface area contributed by atoms with Gasteiger partial charge in [0.1, 0.15) is 0 Å². The summed E-state index contributed by atoms with van der Waals surface area (Å²) < 4.78 is 5.62. The second-order valence-electron chi connectivity index (χ2n) is 4.30. The molecule has 1 saturated heterocycles. The molecule has 4 atom stereocenters. The Morgan fingerprint density at radius 2 is 2.20 bits per heavy atom. The van der Waals surface area contributed by atoms with Gasteiger partial charge in [0.2, 0.25) is 0 Å². The van der Waals surface area contributed by atoms with Crippen LogP contribution in [0.4, 0.5) is 0 Å². The van der Waals surface area contributed by atoms with Crippen molar-refractivity contribution in [2.45, 2.75) is 57.8 Å². The lowest BCUT2D eigenvalue weighted by Crippen LogP contribution is -2.26. The predicted molar refractivity (Wildman–Crippen MR) is 55.6 cm³/mol. The van der Waals surface area contributed by atoms with Crippen LogP contribution < -0.4 is 0 Å². The molecule has 0 radical (unpaired) electrons. The maximum Gasteiger partial charge on any atom is 0.308 e. The molecule has 4 nitrogen and oxygen atoms in total. The summed E-state index contributed by atoms with van der Waals surface area (Å²) in [5, 5.41) is 18.3. The van der Waals surface area contributed by atoms with E-state index in [9.17, 15) is 9.90 Å². The molecule has 1 heterocycles. The Labute approximate surface area is 90.2 Å². The summed E-state index contributed by atoms with van der Waals surface area (Å²) in [6.07, 6.45) is 2.52. The number of aliphatic hydroxyl groups excluding tert-OH is 1. The van der Waals surface area contributed by atoms with Crippen LogP contribution in [-0.2, 0) is 9.53 Å². The van der Waals surface area contributed by atoms with Crippen molar-refractivity contribution in [2.24, 2.45) is 5.92 Å². The monoisotopic (exact) mass is 216 g/mol. The van der Waals surface area contributed by atoms with Crippen molar-refractivity contribution in [3.8, 4) is 0 Å². The van der Waals surface area contributed by atoms with Crippen molar-refractivity contribution in [2.75, 3.05) is 0 Å². The van der Waals surface area contributed by atoms with Gasteiger partial charge in [-0.1, -0.05) is 6.92 Å². The number of carboxylic acids is 1. The van der Waals surface area contributed by atoms with E-state index in [0.29, 0.717) is 6.42 Å². The SMILES string of the molecule is CCC(O)CC1CCC(C(C)C(=O)O)O1. The van der Waals surface area contributed by atoms with E-state index in [2.05, 4.69) is 0 Å². The summed E-state index contributed by atoms with van der Waals surface area (Å²) >= 11 is 0. The number of aliphatic carboxylic acids is 1. The van der Waals surface area contributed by atoms with Crippen molar-refractivity contribution in [3.05, 3.63) is 0 Å². The molecule has 0 bridgehead atoms. The van der Waals surface area contributed by atoms with Crippen LogP contribution in [0.3, 0.4) is 0 Å². The van der Waals surface area contributed by atoms with E-state index in [4.69, 9.17) is 9.84 Å². The van der Waals surface area contributed by atoms with E-state index < -0.39 is 11.9 Å². The molecular weight excluding hydrogens is 196 g/mol. The summed E-state index contributed by atoms with van der Waals surface area (Å²) in [6.45, 7) is 3.60. The van der Waals surface area contributed by atoms with Gasteiger partial charge in [0.25, 0.3) is 0 Å². The van der Waals surface area contributed by atoms with Gasteiger partial charge in [-0.15, -0.1) is 0 Å². The first kappa shape index (κ1) is 12.5. The highest BCUT2D eigenvalue weighted by Gasteiger charge is 2.33. The van der Waals surface area contributed by atoms with E-state index in [0.717, 1.165) is 19.3 Å². The smallest absolute Gasteiger partial charge is 0.308 e. The fourth-order valence-electron chi connectivity index (χ4n) is 1.90. The molecule has 15 heavy (non-hydrogen) atoms. The van der Waals surface area contributed by atoms with Crippen molar-refractivity contribution in [1.82, 2.24) is 0 Å². The van der Waals surface area contributed by atoms with Gasteiger partial charge in [-0.05, 0) is 32.6 Å². The third-order valence-corrected chi connectivity index (χ3v) is 3.09. The largest absolute Gasteiger partial charge is 0.481 e. The molecule has 0 aromatic rings. The van der Waals surface area contributed by atoms with Crippen LogP contribution in [0.5, 0.6) is 0 Å². The molecule has 0 saturated carbocycles. The molecule has 1 aliphatic rings. The third-order valence-electron chi connectivity index (χ3n) is 3.09. The van der Waals surface area contributed by atoms with E-state index >= 15 is 0 Å². The highest BCUT2D eigenvalue weighted by molar-refractivity contribution is 5.70. The van der Waals surface area contributed by atoms with Crippen LogP contribution in [0.2, 0.25) is 0 Å².